The van der Waals surface area contributed by atoms with Gasteiger partial charge in [0.05, 0.1) is 23.8 Å². The molecule has 1 aromatic carbocycles. The lowest BCUT2D eigenvalue weighted by atomic mass is 9.73. The summed E-state index contributed by atoms with van der Waals surface area (Å²) in [6.07, 6.45) is 7.98. The highest BCUT2D eigenvalue weighted by Gasteiger charge is 2.36. The fraction of sp³-hybridized carbons (Fsp3) is 0.650. The maximum Gasteiger partial charge on any atom is 0.0991 e. The molecule has 1 saturated carbocycles. The Bertz CT molecular complexity index is 493. The Morgan fingerprint density at radius 1 is 1.00 bits per heavy atom. The van der Waals surface area contributed by atoms with Crippen LogP contribution < -0.4 is 0 Å². The normalized spacial score (nSPS) is 27.6. The lowest BCUT2D eigenvalue weighted by Gasteiger charge is -2.37. The van der Waals surface area contributed by atoms with E-state index in [1.165, 1.54) is 32.1 Å². The van der Waals surface area contributed by atoms with E-state index in [0.29, 0.717) is 11.5 Å². The summed E-state index contributed by atoms with van der Waals surface area (Å²) in [5.41, 5.74) is 1.55. The van der Waals surface area contributed by atoms with Crippen LogP contribution in [0.25, 0.3) is 0 Å². The quantitative estimate of drug-likeness (QED) is 0.743. The summed E-state index contributed by atoms with van der Waals surface area (Å²) in [5, 5.41) is 29.9. The molecule has 3 nitrogen and oxygen atoms in total. The Balaban J connectivity index is 1.87. The van der Waals surface area contributed by atoms with Gasteiger partial charge in [-0.05, 0) is 36.5 Å². The van der Waals surface area contributed by atoms with E-state index in [9.17, 15) is 10.2 Å². The third-order valence-electron chi connectivity index (χ3n) is 5.12. The van der Waals surface area contributed by atoms with Gasteiger partial charge in [-0.3, -0.25) is 0 Å². The van der Waals surface area contributed by atoms with Gasteiger partial charge in [-0.15, -0.1) is 0 Å². The van der Waals surface area contributed by atoms with Crippen LogP contribution in [0, 0.1) is 17.2 Å². The molecule has 0 aromatic heterocycles. The third kappa shape index (κ3) is 5.06. The van der Waals surface area contributed by atoms with E-state index >= 15 is 0 Å². The lowest BCUT2D eigenvalue weighted by Crippen LogP contribution is -2.38. The molecule has 1 aliphatic carbocycles. The Labute approximate surface area is 140 Å². The summed E-state index contributed by atoms with van der Waals surface area (Å²) in [6, 6.07) is 9.34. The Morgan fingerprint density at radius 3 is 2.17 bits per heavy atom. The molecule has 23 heavy (non-hydrogen) atoms. The number of rotatable bonds is 7. The molecule has 0 amide bonds. The predicted molar refractivity (Wildman–Crippen MR) is 92.0 cm³/mol. The van der Waals surface area contributed by atoms with E-state index < -0.39 is 12.2 Å². The van der Waals surface area contributed by atoms with Gasteiger partial charge in [0.2, 0.25) is 0 Å². The summed E-state index contributed by atoms with van der Waals surface area (Å²) < 4.78 is 0. The van der Waals surface area contributed by atoms with Crippen LogP contribution in [0.4, 0.5) is 0 Å². The van der Waals surface area contributed by atoms with Crippen molar-refractivity contribution in [3.63, 3.8) is 0 Å². The molecule has 0 heterocycles. The van der Waals surface area contributed by atoms with Crippen LogP contribution in [0.2, 0.25) is 0 Å². The molecule has 0 aliphatic heterocycles. The molecule has 2 atom stereocenters. The Morgan fingerprint density at radius 2 is 1.61 bits per heavy atom. The maximum absolute atomic E-state index is 10.5. The first-order valence-electron chi connectivity index (χ1n) is 9.02. The third-order valence-corrected chi connectivity index (χ3v) is 5.12. The number of aliphatic hydroxyl groups is 2. The van der Waals surface area contributed by atoms with E-state index in [1.54, 1.807) is 12.1 Å². The zero-order valence-electron chi connectivity index (χ0n) is 14.1. The Hall–Kier alpha value is -1.37. The van der Waals surface area contributed by atoms with Gasteiger partial charge in [0.25, 0.3) is 0 Å². The summed E-state index contributed by atoms with van der Waals surface area (Å²) >= 11 is 0. The first-order valence-corrected chi connectivity index (χ1v) is 9.02. The van der Waals surface area contributed by atoms with Gasteiger partial charge in [-0.2, -0.15) is 5.26 Å². The van der Waals surface area contributed by atoms with E-state index in [1.807, 2.05) is 12.1 Å². The van der Waals surface area contributed by atoms with Crippen molar-refractivity contribution < 1.29 is 10.2 Å². The van der Waals surface area contributed by atoms with Crippen LogP contribution in [-0.2, 0) is 0 Å². The molecule has 2 unspecified atom stereocenters. The van der Waals surface area contributed by atoms with Gasteiger partial charge in [-0.25, -0.2) is 0 Å². The molecule has 1 aliphatic rings. The minimum absolute atomic E-state index is 0.223. The van der Waals surface area contributed by atoms with Gasteiger partial charge in [-0.1, -0.05) is 57.6 Å². The molecule has 1 fully saturated rings. The topological polar surface area (TPSA) is 64.2 Å². The van der Waals surface area contributed by atoms with Crippen molar-refractivity contribution in [1.82, 2.24) is 0 Å². The number of hydrogen-bond donors (Lipinski definition) is 2. The van der Waals surface area contributed by atoms with Crippen molar-refractivity contribution >= 4 is 0 Å². The zero-order valence-corrected chi connectivity index (χ0v) is 14.1. The first-order chi connectivity index (χ1) is 11.2. The average Bonchev–Trinajstić information content (AvgIpc) is 2.55. The molecule has 3 heteroatoms. The highest BCUT2D eigenvalue weighted by atomic mass is 16.3. The van der Waals surface area contributed by atoms with Crippen molar-refractivity contribution in [2.75, 3.05) is 0 Å². The van der Waals surface area contributed by atoms with Gasteiger partial charge in [0.15, 0.2) is 0 Å². The molecule has 2 N–H and O–H groups in total. The predicted octanol–water partition coefficient (Wildman–Crippen LogP) is 4.13. The fourth-order valence-electron chi connectivity index (χ4n) is 3.83. The summed E-state index contributed by atoms with van der Waals surface area (Å²) in [6.45, 7) is 2.22. The minimum atomic E-state index is -0.493. The van der Waals surface area contributed by atoms with E-state index in [0.717, 1.165) is 24.8 Å². The smallest absolute Gasteiger partial charge is 0.0991 e. The molecule has 1 aromatic rings. The van der Waals surface area contributed by atoms with Crippen LogP contribution in [0.3, 0.4) is 0 Å². The number of nitriles is 1. The SMILES string of the molecule is CCCCCCCC1CC(O)C(c2ccc(C#N)cc2)C(O)C1. The second kappa shape index (κ2) is 9.05. The first kappa shape index (κ1) is 18.0. The number of nitrogens with zero attached hydrogens (tertiary/aromatic N) is 1. The molecule has 126 valence electrons. The van der Waals surface area contributed by atoms with Gasteiger partial charge in [0.1, 0.15) is 0 Å². The van der Waals surface area contributed by atoms with E-state index in [2.05, 4.69) is 13.0 Å². The lowest BCUT2D eigenvalue weighted by molar-refractivity contribution is -0.0121. The highest BCUT2D eigenvalue weighted by Crippen LogP contribution is 2.38. The van der Waals surface area contributed by atoms with Crippen molar-refractivity contribution in [2.45, 2.75) is 76.4 Å². The van der Waals surface area contributed by atoms with Gasteiger partial charge < -0.3 is 10.2 Å². The van der Waals surface area contributed by atoms with Crippen LogP contribution in [0.5, 0.6) is 0 Å². The van der Waals surface area contributed by atoms with E-state index in [4.69, 9.17) is 5.26 Å². The molecule has 0 saturated heterocycles. The number of benzene rings is 1. The molecule has 0 radical (unpaired) electrons. The summed E-state index contributed by atoms with van der Waals surface area (Å²) in [5.74, 6) is 0.204. The molecule has 0 spiro atoms. The van der Waals surface area contributed by atoms with Crippen molar-refractivity contribution in [3.8, 4) is 6.07 Å². The second-order valence-electron chi connectivity index (χ2n) is 6.93. The summed E-state index contributed by atoms with van der Waals surface area (Å²) in [7, 11) is 0. The van der Waals surface area contributed by atoms with E-state index in [-0.39, 0.29) is 5.92 Å². The van der Waals surface area contributed by atoms with Crippen molar-refractivity contribution in [3.05, 3.63) is 35.4 Å². The van der Waals surface area contributed by atoms with Crippen LogP contribution in [-0.4, -0.2) is 22.4 Å². The zero-order chi connectivity index (χ0) is 16.7. The second-order valence-corrected chi connectivity index (χ2v) is 6.93. The standard InChI is InChI=1S/C20H29NO2/c1-2-3-4-5-6-7-16-12-18(22)20(19(23)13-16)17-10-8-15(14-21)9-11-17/h8-11,16,18-20,22-23H,2-7,12-13H2,1H3. The highest BCUT2D eigenvalue weighted by molar-refractivity contribution is 5.34. The number of aliphatic hydroxyl groups excluding tert-OH is 2. The monoisotopic (exact) mass is 315 g/mol. The maximum atomic E-state index is 10.5. The Kier molecular flexibility index (Phi) is 7.08. The van der Waals surface area contributed by atoms with Crippen LogP contribution >= 0.6 is 0 Å². The van der Waals surface area contributed by atoms with Gasteiger partial charge in [0, 0.05) is 5.92 Å². The molecule has 0 bridgehead atoms. The number of unbranched alkanes of at least 4 members (excludes halogenated alkanes) is 4. The molecular weight excluding hydrogens is 286 g/mol. The summed E-state index contributed by atoms with van der Waals surface area (Å²) in [4.78, 5) is 0. The molecule has 2 rings (SSSR count). The van der Waals surface area contributed by atoms with Crippen LogP contribution in [0.15, 0.2) is 24.3 Å². The van der Waals surface area contributed by atoms with Crippen molar-refractivity contribution in [2.24, 2.45) is 5.92 Å². The van der Waals surface area contributed by atoms with Crippen LogP contribution in [0.1, 0.15) is 75.3 Å². The number of hydrogen-bond acceptors (Lipinski definition) is 3. The largest absolute Gasteiger partial charge is 0.392 e. The average molecular weight is 315 g/mol. The van der Waals surface area contributed by atoms with Gasteiger partial charge >= 0.3 is 0 Å². The van der Waals surface area contributed by atoms with Crippen molar-refractivity contribution in [1.29, 1.82) is 5.26 Å². The minimum Gasteiger partial charge on any atom is -0.392 e. The molecular formula is C20H29NO2. The fourth-order valence-corrected chi connectivity index (χ4v) is 3.83.